The average molecular weight is 402 g/mol. The predicted octanol–water partition coefficient (Wildman–Crippen LogP) is 1.73. The Bertz CT molecular complexity index is 811. The van der Waals surface area contributed by atoms with E-state index in [9.17, 15) is 19.5 Å². The fraction of sp³-hybridized carbons (Fsp3) is 0.286. The van der Waals surface area contributed by atoms with Crippen molar-refractivity contribution >= 4 is 11.9 Å². The lowest BCUT2D eigenvalue weighted by atomic mass is 10.1. The lowest BCUT2D eigenvalue weighted by molar-refractivity contribution is -0.134. The second kappa shape index (κ2) is 13.0. The highest BCUT2D eigenvalue weighted by molar-refractivity contribution is 5.89. The number of benzene rings is 1. The number of aliphatic hydroxyl groups excluding tert-OH is 1. The van der Waals surface area contributed by atoms with E-state index in [1.54, 1.807) is 12.3 Å². The first kappa shape index (κ1) is 23.8. The standard InChI is InChI=1S/C17H22N2O2.C4H4O4/c1-13(7-8-14-5-3-2-4-6-14)18-12-16(20)15-9-10-17(21)19-11-15;5-3(6)1-2-4(7)8/h2-6,9-11,13,16,18,20H,7-8,12H2,1H3,(H,19,21);1-2H,(H,5,6)(H,7,8). The Morgan fingerprint density at radius 2 is 1.69 bits per heavy atom. The Kier molecular flexibility index (Phi) is 10.7. The quantitative estimate of drug-likeness (QED) is 0.402. The van der Waals surface area contributed by atoms with Crippen LogP contribution in [0.5, 0.6) is 0 Å². The molecule has 0 radical (unpaired) electrons. The van der Waals surface area contributed by atoms with Crippen LogP contribution >= 0.6 is 0 Å². The Labute approximate surface area is 168 Å². The molecule has 156 valence electrons. The first-order valence-corrected chi connectivity index (χ1v) is 9.06. The summed E-state index contributed by atoms with van der Waals surface area (Å²) in [4.78, 5) is 32.7. The second-order valence-corrected chi connectivity index (χ2v) is 6.35. The minimum absolute atomic E-state index is 0.157. The molecule has 0 saturated heterocycles. The Balaban J connectivity index is 0.000000447. The van der Waals surface area contributed by atoms with Gasteiger partial charge in [-0.05, 0) is 37.0 Å². The molecule has 2 unspecified atom stereocenters. The summed E-state index contributed by atoms with van der Waals surface area (Å²) in [7, 11) is 0. The summed E-state index contributed by atoms with van der Waals surface area (Å²) in [6.45, 7) is 2.59. The van der Waals surface area contributed by atoms with Crippen LogP contribution in [-0.4, -0.2) is 44.8 Å². The number of carboxylic acids is 2. The number of nitrogens with one attached hydrogen (secondary N) is 2. The molecule has 0 aliphatic carbocycles. The summed E-state index contributed by atoms with van der Waals surface area (Å²) >= 11 is 0. The molecule has 8 nitrogen and oxygen atoms in total. The Morgan fingerprint density at radius 1 is 1.07 bits per heavy atom. The van der Waals surface area contributed by atoms with Crippen LogP contribution < -0.4 is 10.9 Å². The van der Waals surface area contributed by atoms with Crippen LogP contribution in [-0.2, 0) is 16.0 Å². The highest BCUT2D eigenvalue weighted by Crippen LogP contribution is 2.10. The minimum atomic E-state index is -1.26. The fourth-order valence-electron chi connectivity index (χ4n) is 2.33. The van der Waals surface area contributed by atoms with E-state index in [4.69, 9.17) is 10.2 Å². The van der Waals surface area contributed by atoms with Crippen LogP contribution in [0.3, 0.4) is 0 Å². The van der Waals surface area contributed by atoms with Crippen LogP contribution in [0.25, 0.3) is 0 Å². The van der Waals surface area contributed by atoms with Gasteiger partial charge in [-0.2, -0.15) is 0 Å². The number of aromatic nitrogens is 1. The van der Waals surface area contributed by atoms with Gasteiger partial charge in [0.15, 0.2) is 0 Å². The number of rotatable bonds is 9. The number of aliphatic hydroxyl groups is 1. The van der Waals surface area contributed by atoms with Gasteiger partial charge in [-0.25, -0.2) is 9.59 Å². The van der Waals surface area contributed by atoms with Gasteiger partial charge in [0, 0.05) is 37.0 Å². The molecule has 29 heavy (non-hydrogen) atoms. The molecule has 0 spiro atoms. The molecule has 1 aromatic heterocycles. The van der Waals surface area contributed by atoms with E-state index < -0.39 is 18.0 Å². The maximum atomic E-state index is 11.0. The zero-order valence-corrected chi connectivity index (χ0v) is 16.1. The summed E-state index contributed by atoms with van der Waals surface area (Å²) in [6, 6.07) is 13.8. The minimum Gasteiger partial charge on any atom is -0.478 e. The molecule has 0 amide bonds. The third-order valence-corrected chi connectivity index (χ3v) is 3.93. The SMILES string of the molecule is CC(CCc1ccccc1)NCC(O)c1ccc(=O)[nH]c1.O=C(O)C=CC(=O)O. The molecule has 0 bridgehead atoms. The number of aryl methyl sites for hydroxylation is 1. The topological polar surface area (TPSA) is 140 Å². The molecule has 2 atom stereocenters. The van der Waals surface area contributed by atoms with Gasteiger partial charge in [-0.15, -0.1) is 0 Å². The van der Waals surface area contributed by atoms with Crippen molar-refractivity contribution in [2.75, 3.05) is 6.54 Å². The van der Waals surface area contributed by atoms with Crippen molar-refractivity contribution < 1.29 is 24.9 Å². The molecule has 5 N–H and O–H groups in total. The molecule has 2 aromatic rings. The Hall–Kier alpha value is -3.23. The van der Waals surface area contributed by atoms with Crippen LogP contribution in [0.2, 0.25) is 0 Å². The molecule has 2 rings (SSSR count). The largest absolute Gasteiger partial charge is 0.478 e. The van der Waals surface area contributed by atoms with Crippen molar-refractivity contribution in [3.05, 3.63) is 82.3 Å². The van der Waals surface area contributed by atoms with Gasteiger partial charge >= 0.3 is 11.9 Å². The third-order valence-electron chi connectivity index (χ3n) is 3.93. The van der Waals surface area contributed by atoms with Gasteiger partial charge < -0.3 is 25.6 Å². The number of aliphatic carboxylic acids is 2. The van der Waals surface area contributed by atoms with E-state index in [0.29, 0.717) is 24.7 Å². The van der Waals surface area contributed by atoms with Crippen molar-refractivity contribution in [3.8, 4) is 0 Å². The first-order valence-electron chi connectivity index (χ1n) is 9.06. The van der Waals surface area contributed by atoms with Crippen molar-refractivity contribution in [2.45, 2.75) is 31.9 Å². The molecule has 0 saturated carbocycles. The van der Waals surface area contributed by atoms with Gasteiger partial charge in [0.25, 0.3) is 0 Å². The number of hydrogen-bond acceptors (Lipinski definition) is 5. The van der Waals surface area contributed by atoms with Crippen LogP contribution in [0.15, 0.2) is 65.6 Å². The lowest BCUT2D eigenvalue weighted by Crippen LogP contribution is -2.31. The second-order valence-electron chi connectivity index (χ2n) is 6.35. The molecule has 0 aliphatic heterocycles. The molecular weight excluding hydrogens is 376 g/mol. The molecule has 1 aromatic carbocycles. The number of aromatic amines is 1. The molecule has 8 heteroatoms. The van der Waals surface area contributed by atoms with E-state index in [0.717, 1.165) is 18.4 Å². The third kappa shape index (κ3) is 11.3. The van der Waals surface area contributed by atoms with E-state index in [-0.39, 0.29) is 5.56 Å². The number of hydrogen-bond donors (Lipinski definition) is 5. The van der Waals surface area contributed by atoms with E-state index in [1.165, 1.54) is 11.6 Å². The van der Waals surface area contributed by atoms with E-state index >= 15 is 0 Å². The van der Waals surface area contributed by atoms with Gasteiger partial charge in [0.05, 0.1) is 6.10 Å². The van der Waals surface area contributed by atoms with Crippen LogP contribution in [0.1, 0.15) is 30.6 Å². The summed E-state index contributed by atoms with van der Waals surface area (Å²) in [5.41, 5.74) is 1.89. The van der Waals surface area contributed by atoms with Gasteiger partial charge in [0.1, 0.15) is 0 Å². The molecular formula is C21H26N2O6. The van der Waals surface area contributed by atoms with E-state index in [1.807, 2.05) is 18.2 Å². The summed E-state index contributed by atoms with van der Waals surface area (Å²) in [6.07, 6.45) is 4.10. The smallest absolute Gasteiger partial charge is 0.328 e. The van der Waals surface area contributed by atoms with Crippen molar-refractivity contribution in [2.24, 2.45) is 0 Å². The zero-order chi connectivity index (χ0) is 21.6. The summed E-state index contributed by atoms with van der Waals surface area (Å²) in [5, 5.41) is 29.0. The van der Waals surface area contributed by atoms with Crippen LogP contribution in [0.4, 0.5) is 0 Å². The first-order chi connectivity index (χ1) is 13.8. The normalized spacial score (nSPS) is 12.6. The van der Waals surface area contributed by atoms with Crippen molar-refractivity contribution in [3.63, 3.8) is 0 Å². The highest BCUT2D eigenvalue weighted by Gasteiger charge is 2.09. The number of carboxylic acid groups (broad SMARTS) is 2. The van der Waals surface area contributed by atoms with E-state index in [2.05, 4.69) is 29.4 Å². The maximum Gasteiger partial charge on any atom is 0.328 e. The highest BCUT2D eigenvalue weighted by atomic mass is 16.4. The van der Waals surface area contributed by atoms with Crippen LogP contribution in [0, 0.1) is 0 Å². The van der Waals surface area contributed by atoms with Gasteiger partial charge in [-0.3, -0.25) is 4.79 Å². The van der Waals surface area contributed by atoms with Gasteiger partial charge in [0.2, 0.25) is 5.56 Å². The fourth-order valence-corrected chi connectivity index (χ4v) is 2.33. The predicted molar refractivity (Wildman–Crippen MR) is 109 cm³/mol. The number of H-pyrrole nitrogens is 1. The number of pyridine rings is 1. The summed E-state index contributed by atoms with van der Waals surface area (Å²) in [5.74, 6) is -2.51. The van der Waals surface area contributed by atoms with Gasteiger partial charge in [-0.1, -0.05) is 30.3 Å². The zero-order valence-electron chi connectivity index (χ0n) is 16.1. The lowest BCUT2D eigenvalue weighted by Gasteiger charge is -2.17. The molecule has 0 aliphatic rings. The number of carbonyl (C=O) groups is 2. The van der Waals surface area contributed by atoms with Crippen molar-refractivity contribution in [1.29, 1.82) is 0 Å². The molecule has 1 heterocycles. The average Bonchev–Trinajstić information content (AvgIpc) is 2.70. The molecule has 0 fully saturated rings. The monoisotopic (exact) mass is 402 g/mol. The Morgan fingerprint density at radius 3 is 2.21 bits per heavy atom. The summed E-state index contributed by atoms with van der Waals surface area (Å²) < 4.78 is 0. The van der Waals surface area contributed by atoms with Crippen molar-refractivity contribution in [1.82, 2.24) is 10.3 Å². The maximum absolute atomic E-state index is 11.0.